The Morgan fingerprint density at radius 3 is 2.58 bits per heavy atom. The van der Waals surface area contributed by atoms with Gasteiger partial charge in [0, 0.05) is 42.5 Å². The molecule has 1 fully saturated rings. The number of thiazole rings is 1. The van der Waals surface area contributed by atoms with E-state index < -0.39 is 0 Å². The summed E-state index contributed by atoms with van der Waals surface area (Å²) in [6.07, 6.45) is 0. The van der Waals surface area contributed by atoms with E-state index in [-0.39, 0.29) is 11.7 Å². The number of hydrogen-bond acceptors (Lipinski definition) is 5. The molecule has 9 heteroatoms. The summed E-state index contributed by atoms with van der Waals surface area (Å²) < 4.78 is 13.2. The zero-order valence-corrected chi connectivity index (χ0v) is 19.5. The second-order valence-electron chi connectivity index (χ2n) is 7.87. The van der Waals surface area contributed by atoms with E-state index in [2.05, 4.69) is 20.1 Å². The van der Waals surface area contributed by atoms with Gasteiger partial charge in [-0.15, -0.1) is 11.3 Å². The Labute approximate surface area is 199 Å². The van der Waals surface area contributed by atoms with Crippen LogP contribution in [0.3, 0.4) is 0 Å². The topological polar surface area (TPSA) is 65.1 Å². The van der Waals surface area contributed by atoms with Gasteiger partial charge in [-0.25, -0.2) is 9.37 Å². The fourth-order valence-corrected chi connectivity index (χ4v) is 5.13. The molecular formula is C24H21ClFN5OS. The Balaban J connectivity index is 1.28. The van der Waals surface area contributed by atoms with E-state index in [0.717, 1.165) is 45.6 Å². The highest BCUT2D eigenvalue weighted by Gasteiger charge is 2.25. The van der Waals surface area contributed by atoms with Gasteiger partial charge in [-0.05, 0) is 55.5 Å². The van der Waals surface area contributed by atoms with Crippen LogP contribution < -0.4 is 4.90 Å². The lowest BCUT2D eigenvalue weighted by atomic mass is 10.2. The molecule has 1 aliphatic heterocycles. The number of hydrogen-bond donors (Lipinski definition) is 1. The molecule has 1 aliphatic rings. The summed E-state index contributed by atoms with van der Waals surface area (Å²) in [5.41, 5.74) is 3.88. The quantitative estimate of drug-likeness (QED) is 0.431. The molecule has 1 N–H and O–H groups in total. The van der Waals surface area contributed by atoms with Gasteiger partial charge >= 0.3 is 0 Å². The summed E-state index contributed by atoms with van der Waals surface area (Å²) in [5.74, 6) is -0.374. The minimum atomic E-state index is -0.280. The number of aromatic nitrogens is 3. The van der Waals surface area contributed by atoms with Crippen LogP contribution in [0, 0.1) is 12.7 Å². The molecule has 1 saturated heterocycles. The SMILES string of the molecule is Cc1nc(-c2ccc(F)cc2)sc1-c1cc(C(=O)N2CCN(c3cccc(Cl)c3)CC2)n[nH]1. The van der Waals surface area contributed by atoms with E-state index in [0.29, 0.717) is 23.8 Å². The first-order valence-electron chi connectivity index (χ1n) is 10.6. The van der Waals surface area contributed by atoms with Crippen molar-refractivity contribution in [3.63, 3.8) is 0 Å². The van der Waals surface area contributed by atoms with Gasteiger partial charge in [0.1, 0.15) is 10.8 Å². The smallest absolute Gasteiger partial charge is 0.274 e. The summed E-state index contributed by atoms with van der Waals surface area (Å²) in [7, 11) is 0. The van der Waals surface area contributed by atoms with Crippen LogP contribution in [0.4, 0.5) is 10.1 Å². The fraction of sp³-hybridized carbons (Fsp3) is 0.208. The van der Waals surface area contributed by atoms with Crippen LogP contribution in [-0.2, 0) is 0 Å². The molecule has 2 aromatic carbocycles. The molecule has 1 amide bonds. The number of nitrogens with zero attached hydrogens (tertiary/aromatic N) is 4. The second kappa shape index (κ2) is 8.96. The van der Waals surface area contributed by atoms with Crippen molar-refractivity contribution in [1.82, 2.24) is 20.1 Å². The number of piperazine rings is 1. The normalized spacial score (nSPS) is 14.0. The zero-order chi connectivity index (χ0) is 22.9. The van der Waals surface area contributed by atoms with Gasteiger partial charge < -0.3 is 9.80 Å². The Bertz CT molecular complexity index is 1290. The molecule has 0 bridgehead atoms. The first-order chi connectivity index (χ1) is 16.0. The van der Waals surface area contributed by atoms with E-state index in [1.165, 1.54) is 23.5 Å². The predicted octanol–water partition coefficient (Wildman–Crippen LogP) is 5.26. The third kappa shape index (κ3) is 4.49. The fourth-order valence-electron chi connectivity index (χ4n) is 3.91. The maximum Gasteiger partial charge on any atom is 0.274 e. The van der Waals surface area contributed by atoms with Crippen molar-refractivity contribution >= 4 is 34.5 Å². The Hall–Kier alpha value is -3.23. The molecule has 0 unspecified atom stereocenters. The van der Waals surface area contributed by atoms with Crippen LogP contribution in [-0.4, -0.2) is 52.2 Å². The number of carbonyl (C=O) groups is 1. The van der Waals surface area contributed by atoms with E-state index >= 15 is 0 Å². The van der Waals surface area contributed by atoms with Crippen LogP contribution in [0.2, 0.25) is 5.02 Å². The van der Waals surface area contributed by atoms with Crippen molar-refractivity contribution in [2.24, 2.45) is 0 Å². The number of rotatable bonds is 4. The number of nitrogens with one attached hydrogen (secondary N) is 1. The molecule has 0 spiro atoms. The number of carbonyl (C=O) groups excluding carboxylic acids is 1. The predicted molar refractivity (Wildman–Crippen MR) is 129 cm³/mol. The van der Waals surface area contributed by atoms with Crippen LogP contribution in [0.15, 0.2) is 54.6 Å². The first-order valence-corrected chi connectivity index (χ1v) is 11.8. The minimum absolute atomic E-state index is 0.0934. The number of amides is 1. The Morgan fingerprint density at radius 1 is 1.09 bits per heavy atom. The summed E-state index contributed by atoms with van der Waals surface area (Å²) in [5, 5.41) is 8.76. The lowest BCUT2D eigenvalue weighted by Crippen LogP contribution is -2.48. The zero-order valence-electron chi connectivity index (χ0n) is 17.9. The third-order valence-corrected chi connectivity index (χ3v) is 7.14. The van der Waals surface area contributed by atoms with Crippen LogP contribution >= 0.6 is 22.9 Å². The average Bonchev–Trinajstić information content (AvgIpc) is 3.46. The van der Waals surface area contributed by atoms with Gasteiger partial charge in [0.2, 0.25) is 0 Å². The van der Waals surface area contributed by atoms with E-state index in [4.69, 9.17) is 11.6 Å². The van der Waals surface area contributed by atoms with Crippen molar-refractivity contribution in [2.45, 2.75) is 6.92 Å². The van der Waals surface area contributed by atoms with Crippen LogP contribution in [0.25, 0.3) is 21.1 Å². The lowest BCUT2D eigenvalue weighted by molar-refractivity contribution is 0.0741. The maximum atomic E-state index is 13.2. The van der Waals surface area contributed by atoms with Crippen molar-refractivity contribution in [2.75, 3.05) is 31.1 Å². The molecule has 2 aromatic heterocycles. The average molecular weight is 482 g/mol. The number of halogens is 2. The van der Waals surface area contributed by atoms with Gasteiger partial charge in [0.25, 0.3) is 5.91 Å². The number of aryl methyl sites for hydroxylation is 1. The number of anilines is 1. The van der Waals surface area contributed by atoms with Gasteiger partial charge in [-0.2, -0.15) is 5.10 Å². The first kappa shape index (κ1) is 21.6. The Morgan fingerprint density at radius 2 is 1.85 bits per heavy atom. The van der Waals surface area contributed by atoms with Gasteiger partial charge in [0.15, 0.2) is 5.69 Å². The molecular weight excluding hydrogens is 461 g/mol. The molecule has 0 atom stereocenters. The molecule has 3 heterocycles. The van der Waals surface area contributed by atoms with Crippen molar-refractivity contribution < 1.29 is 9.18 Å². The molecule has 0 aliphatic carbocycles. The lowest BCUT2D eigenvalue weighted by Gasteiger charge is -2.35. The Kier molecular flexibility index (Phi) is 5.86. The van der Waals surface area contributed by atoms with Crippen molar-refractivity contribution in [1.29, 1.82) is 0 Å². The molecule has 4 aromatic rings. The largest absolute Gasteiger partial charge is 0.368 e. The number of benzene rings is 2. The van der Waals surface area contributed by atoms with Crippen molar-refractivity contribution in [3.8, 4) is 21.1 Å². The molecule has 0 saturated carbocycles. The van der Waals surface area contributed by atoms with Gasteiger partial charge in [0.05, 0.1) is 16.3 Å². The molecule has 5 rings (SSSR count). The monoisotopic (exact) mass is 481 g/mol. The summed E-state index contributed by atoms with van der Waals surface area (Å²) in [6, 6.07) is 15.8. The maximum absolute atomic E-state index is 13.2. The standard InChI is InChI=1S/C24H21ClFN5OS/c1-15-22(33-23(27-15)16-5-7-18(26)8-6-16)20-14-21(29-28-20)24(32)31-11-9-30(10-12-31)19-4-2-3-17(25)13-19/h2-8,13-14H,9-12H2,1H3,(H,28,29). The van der Waals surface area contributed by atoms with E-state index in [9.17, 15) is 9.18 Å². The highest BCUT2D eigenvalue weighted by atomic mass is 35.5. The number of aromatic amines is 1. The highest BCUT2D eigenvalue weighted by Crippen LogP contribution is 2.34. The highest BCUT2D eigenvalue weighted by molar-refractivity contribution is 7.18. The van der Waals surface area contributed by atoms with E-state index in [1.54, 1.807) is 18.2 Å². The van der Waals surface area contributed by atoms with Gasteiger partial charge in [-0.1, -0.05) is 17.7 Å². The molecule has 6 nitrogen and oxygen atoms in total. The van der Waals surface area contributed by atoms with Gasteiger partial charge in [-0.3, -0.25) is 9.89 Å². The molecule has 33 heavy (non-hydrogen) atoms. The number of H-pyrrole nitrogens is 1. The minimum Gasteiger partial charge on any atom is -0.368 e. The summed E-state index contributed by atoms with van der Waals surface area (Å²) >= 11 is 7.59. The second-order valence-corrected chi connectivity index (χ2v) is 9.30. The van der Waals surface area contributed by atoms with Crippen molar-refractivity contribution in [3.05, 3.63) is 76.8 Å². The van der Waals surface area contributed by atoms with Crippen LogP contribution in [0.5, 0.6) is 0 Å². The third-order valence-electron chi connectivity index (χ3n) is 5.67. The summed E-state index contributed by atoms with van der Waals surface area (Å²) in [6.45, 7) is 4.61. The molecule has 0 radical (unpaired) electrons. The molecule has 168 valence electrons. The van der Waals surface area contributed by atoms with Crippen LogP contribution in [0.1, 0.15) is 16.2 Å². The summed E-state index contributed by atoms with van der Waals surface area (Å²) in [4.78, 5) is 22.6. The van der Waals surface area contributed by atoms with E-state index in [1.807, 2.05) is 36.1 Å².